The summed E-state index contributed by atoms with van der Waals surface area (Å²) in [5.41, 5.74) is 1.01. The maximum Gasteiger partial charge on any atom is 0.342 e. The van der Waals surface area contributed by atoms with Crippen LogP contribution >= 0.6 is 0 Å². The standard InChI is InChI=1S/C22H23N3O4/c1-24-19-17(20(26)25(2)22(24)28)15(12-8-4-3-5-9-12)16-18(23-19)13-10-6-7-11-14(13)29-21(16)27/h6-7,10-12,15,23H,3-5,8-9H2,1-2H3. The average molecular weight is 393 g/mol. The highest BCUT2D eigenvalue weighted by Crippen LogP contribution is 2.47. The number of aromatic nitrogens is 2. The monoisotopic (exact) mass is 393 g/mol. The fraction of sp³-hybridized carbons (Fsp3) is 0.409. The van der Waals surface area contributed by atoms with Crippen molar-refractivity contribution in [3.8, 4) is 0 Å². The van der Waals surface area contributed by atoms with Gasteiger partial charge in [-0.05, 0) is 30.9 Å². The number of rotatable bonds is 1. The van der Waals surface area contributed by atoms with Crippen LogP contribution in [0.4, 0.5) is 11.5 Å². The van der Waals surface area contributed by atoms with Crippen molar-refractivity contribution in [2.45, 2.75) is 38.0 Å². The molecule has 0 radical (unpaired) electrons. The molecule has 1 aliphatic heterocycles. The van der Waals surface area contributed by atoms with Crippen LogP contribution in [-0.2, 0) is 14.1 Å². The molecular formula is C22H23N3O4. The van der Waals surface area contributed by atoms with Crippen molar-refractivity contribution in [1.29, 1.82) is 0 Å². The zero-order valence-electron chi connectivity index (χ0n) is 16.5. The summed E-state index contributed by atoms with van der Waals surface area (Å²) in [7, 11) is 3.14. The van der Waals surface area contributed by atoms with E-state index in [0.717, 1.165) is 35.6 Å². The van der Waals surface area contributed by atoms with Crippen LogP contribution < -0.4 is 22.2 Å². The lowest BCUT2D eigenvalue weighted by Gasteiger charge is -2.36. The van der Waals surface area contributed by atoms with Crippen LogP contribution in [0.25, 0.3) is 11.0 Å². The smallest absolute Gasteiger partial charge is 0.342 e. The Kier molecular flexibility index (Phi) is 4.01. The minimum absolute atomic E-state index is 0.164. The molecule has 2 aliphatic rings. The van der Waals surface area contributed by atoms with Crippen LogP contribution in [0.5, 0.6) is 0 Å². The summed E-state index contributed by atoms with van der Waals surface area (Å²) < 4.78 is 8.25. The lowest BCUT2D eigenvalue weighted by atomic mass is 9.72. The topological polar surface area (TPSA) is 86.2 Å². The number of hydrogen-bond donors (Lipinski definition) is 1. The first-order valence-corrected chi connectivity index (χ1v) is 10.1. The van der Waals surface area contributed by atoms with Crippen LogP contribution in [0, 0.1) is 5.92 Å². The number of hydrogen-bond acceptors (Lipinski definition) is 5. The van der Waals surface area contributed by atoms with E-state index in [1.54, 1.807) is 13.1 Å². The molecule has 29 heavy (non-hydrogen) atoms. The first-order valence-electron chi connectivity index (χ1n) is 10.1. The van der Waals surface area contributed by atoms with Crippen molar-refractivity contribution < 1.29 is 4.42 Å². The van der Waals surface area contributed by atoms with Crippen molar-refractivity contribution in [3.05, 3.63) is 66.7 Å². The first kappa shape index (κ1) is 18.0. The summed E-state index contributed by atoms with van der Waals surface area (Å²) in [5.74, 6) is 0.266. The molecule has 1 N–H and O–H groups in total. The molecule has 150 valence electrons. The Labute approximate surface area is 166 Å². The maximum absolute atomic E-state index is 13.2. The molecule has 7 nitrogen and oxygen atoms in total. The van der Waals surface area contributed by atoms with E-state index in [-0.39, 0.29) is 23.1 Å². The predicted molar refractivity (Wildman–Crippen MR) is 111 cm³/mol. The third-order valence-electron chi connectivity index (χ3n) is 6.53. The van der Waals surface area contributed by atoms with Gasteiger partial charge < -0.3 is 9.73 Å². The van der Waals surface area contributed by atoms with E-state index in [0.29, 0.717) is 28.2 Å². The Hall–Kier alpha value is -3.09. The van der Waals surface area contributed by atoms with Crippen LogP contribution in [0.15, 0.2) is 43.1 Å². The van der Waals surface area contributed by atoms with Crippen molar-refractivity contribution in [1.82, 2.24) is 9.13 Å². The van der Waals surface area contributed by atoms with E-state index in [4.69, 9.17) is 4.42 Å². The number of anilines is 2. The van der Waals surface area contributed by atoms with Gasteiger partial charge in [0.1, 0.15) is 11.4 Å². The van der Waals surface area contributed by atoms with Crippen LogP contribution in [0.2, 0.25) is 0 Å². The molecule has 1 aliphatic carbocycles. The van der Waals surface area contributed by atoms with Gasteiger partial charge in [-0.3, -0.25) is 13.9 Å². The van der Waals surface area contributed by atoms with Crippen molar-refractivity contribution in [3.63, 3.8) is 0 Å². The maximum atomic E-state index is 13.2. The third-order valence-corrected chi connectivity index (χ3v) is 6.53. The van der Waals surface area contributed by atoms with E-state index >= 15 is 0 Å². The van der Waals surface area contributed by atoms with Crippen LogP contribution in [0.3, 0.4) is 0 Å². The quantitative estimate of drug-likeness (QED) is 0.643. The summed E-state index contributed by atoms with van der Waals surface area (Å²) in [6, 6.07) is 7.36. The Morgan fingerprint density at radius 2 is 1.69 bits per heavy atom. The van der Waals surface area contributed by atoms with E-state index in [1.165, 1.54) is 18.0 Å². The zero-order valence-corrected chi connectivity index (χ0v) is 16.5. The van der Waals surface area contributed by atoms with Gasteiger partial charge in [-0.15, -0.1) is 0 Å². The Morgan fingerprint density at radius 1 is 0.966 bits per heavy atom. The fourth-order valence-corrected chi connectivity index (χ4v) is 5.08. The molecule has 0 spiro atoms. The van der Waals surface area contributed by atoms with Crippen molar-refractivity contribution in [2.24, 2.45) is 20.0 Å². The summed E-state index contributed by atoms with van der Waals surface area (Å²) in [6.45, 7) is 0. The summed E-state index contributed by atoms with van der Waals surface area (Å²) >= 11 is 0. The zero-order chi connectivity index (χ0) is 20.3. The lowest BCUT2D eigenvalue weighted by molar-refractivity contribution is 0.320. The molecule has 3 heterocycles. The van der Waals surface area contributed by atoms with Gasteiger partial charge in [0.05, 0.1) is 16.8 Å². The highest BCUT2D eigenvalue weighted by Gasteiger charge is 2.40. The lowest BCUT2D eigenvalue weighted by Crippen LogP contribution is -2.44. The average Bonchev–Trinajstić information content (AvgIpc) is 2.75. The number of fused-ring (bicyclic) bond motifs is 4. The van der Waals surface area contributed by atoms with Crippen molar-refractivity contribution >= 4 is 22.5 Å². The summed E-state index contributed by atoms with van der Waals surface area (Å²) in [6.07, 6.45) is 5.21. The van der Waals surface area contributed by atoms with Gasteiger partial charge in [0.15, 0.2) is 0 Å². The number of nitrogens with one attached hydrogen (secondary N) is 1. The molecule has 1 fully saturated rings. The SMILES string of the molecule is Cn1c2c(c(=O)n(C)c1=O)C(C1CCCCC1)c1c(c3ccccc3oc1=O)N2. The largest absolute Gasteiger partial charge is 0.422 e. The van der Waals surface area contributed by atoms with E-state index in [2.05, 4.69) is 5.32 Å². The van der Waals surface area contributed by atoms with Gasteiger partial charge in [0, 0.05) is 25.4 Å². The van der Waals surface area contributed by atoms with Gasteiger partial charge >= 0.3 is 11.3 Å². The highest BCUT2D eigenvalue weighted by atomic mass is 16.4. The molecule has 1 unspecified atom stereocenters. The number of nitrogens with zero attached hydrogens (tertiary/aromatic N) is 2. The minimum atomic E-state index is -0.414. The molecule has 1 saturated carbocycles. The van der Waals surface area contributed by atoms with Crippen molar-refractivity contribution in [2.75, 3.05) is 5.32 Å². The second kappa shape index (κ2) is 6.47. The molecular weight excluding hydrogens is 370 g/mol. The van der Waals surface area contributed by atoms with E-state index < -0.39 is 5.63 Å². The molecule has 0 amide bonds. The van der Waals surface area contributed by atoms with Gasteiger partial charge in [-0.25, -0.2) is 9.59 Å². The highest BCUT2D eigenvalue weighted by molar-refractivity contribution is 5.95. The van der Waals surface area contributed by atoms with E-state index in [1.807, 2.05) is 18.2 Å². The second-order valence-electron chi connectivity index (χ2n) is 8.14. The Balaban J connectivity index is 1.90. The molecule has 2 aromatic heterocycles. The van der Waals surface area contributed by atoms with Gasteiger partial charge in [-0.2, -0.15) is 0 Å². The normalized spacial score (nSPS) is 18.9. The number of para-hydroxylation sites is 1. The fourth-order valence-electron chi connectivity index (χ4n) is 5.08. The molecule has 3 aromatic rings. The Bertz CT molecular complexity index is 1310. The molecule has 0 bridgehead atoms. The van der Waals surface area contributed by atoms with Crippen LogP contribution in [0.1, 0.15) is 49.1 Å². The van der Waals surface area contributed by atoms with Gasteiger partial charge in [0.2, 0.25) is 0 Å². The Morgan fingerprint density at radius 3 is 2.45 bits per heavy atom. The third kappa shape index (κ3) is 2.53. The second-order valence-corrected chi connectivity index (χ2v) is 8.14. The van der Waals surface area contributed by atoms with E-state index in [9.17, 15) is 14.4 Å². The molecule has 1 aromatic carbocycles. The molecule has 7 heteroatoms. The molecule has 1 atom stereocenters. The van der Waals surface area contributed by atoms with Crippen LogP contribution in [-0.4, -0.2) is 9.13 Å². The minimum Gasteiger partial charge on any atom is -0.422 e. The molecule has 0 saturated heterocycles. The summed E-state index contributed by atoms with van der Waals surface area (Å²) in [5, 5.41) is 4.04. The summed E-state index contributed by atoms with van der Waals surface area (Å²) in [4.78, 5) is 38.9. The molecule has 5 rings (SSSR count). The number of benzene rings is 1. The predicted octanol–water partition coefficient (Wildman–Crippen LogP) is 2.96. The van der Waals surface area contributed by atoms with Gasteiger partial charge in [0.25, 0.3) is 5.56 Å². The first-order chi connectivity index (χ1) is 14.0. The van der Waals surface area contributed by atoms with Gasteiger partial charge in [-0.1, -0.05) is 31.4 Å².